The summed E-state index contributed by atoms with van der Waals surface area (Å²) in [6.07, 6.45) is -0.141. The summed E-state index contributed by atoms with van der Waals surface area (Å²) in [6.45, 7) is 48.6. The summed E-state index contributed by atoms with van der Waals surface area (Å²) in [5.41, 5.74) is 26.4. The molecule has 10 aromatic carbocycles. The van der Waals surface area contributed by atoms with E-state index in [1.807, 2.05) is 195 Å². The number of aromatic hydroxyl groups is 3. The number of carboxylic acids is 2. The maximum Gasteiger partial charge on any atom is 0.408 e. The van der Waals surface area contributed by atoms with Gasteiger partial charge in [-0.25, -0.2) is 19.2 Å². The van der Waals surface area contributed by atoms with Crippen molar-refractivity contribution in [2.45, 2.75) is 277 Å². The van der Waals surface area contributed by atoms with Gasteiger partial charge in [0, 0.05) is 0 Å². The lowest BCUT2D eigenvalue weighted by Crippen LogP contribution is -2.43. The highest BCUT2D eigenvalue weighted by Gasteiger charge is 2.45. The molecule has 2 aliphatic heterocycles. The van der Waals surface area contributed by atoms with Gasteiger partial charge in [-0.3, -0.25) is 24.0 Å². The molecule has 0 radical (unpaired) electrons. The molecule has 9 atom stereocenters. The van der Waals surface area contributed by atoms with E-state index in [-0.39, 0.29) is 74.8 Å². The van der Waals surface area contributed by atoms with Gasteiger partial charge in [-0.05, 0) is 258 Å². The molecule has 0 bridgehead atoms. The van der Waals surface area contributed by atoms with Crippen LogP contribution in [0.15, 0.2) is 261 Å². The van der Waals surface area contributed by atoms with E-state index < -0.39 is 124 Å². The number of ether oxygens (including phenoxy) is 7. The number of benzene rings is 10. The van der Waals surface area contributed by atoms with Gasteiger partial charge in [0.1, 0.15) is 78.2 Å². The summed E-state index contributed by atoms with van der Waals surface area (Å²) in [4.78, 5) is 103. The molecule has 2 heterocycles. The number of amides is 2. The van der Waals surface area contributed by atoms with Gasteiger partial charge >= 0.3 is 54.0 Å². The summed E-state index contributed by atoms with van der Waals surface area (Å²) in [6, 6.07) is 76.7. The quantitative estimate of drug-likeness (QED) is 0.0100. The molecule has 12 rings (SSSR count). The molecule has 0 aromatic heterocycles. The Balaban J connectivity index is 0.000000270. The largest absolute Gasteiger partial charge is 0.543 e. The van der Waals surface area contributed by atoms with Crippen molar-refractivity contribution >= 4 is 87.2 Å². The second-order valence-corrected chi connectivity index (χ2v) is 62.2. The van der Waals surface area contributed by atoms with E-state index in [1.54, 1.807) is 61.5 Å². The van der Waals surface area contributed by atoms with Crippen molar-refractivity contribution < 1.29 is 120 Å². The molecule has 0 spiro atoms. The lowest BCUT2D eigenvalue weighted by molar-refractivity contribution is -0.150. The van der Waals surface area contributed by atoms with E-state index in [1.165, 1.54) is 26.4 Å². The van der Waals surface area contributed by atoms with E-state index in [0.29, 0.717) is 45.1 Å². The van der Waals surface area contributed by atoms with Crippen LogP contribution < -0.4 is 45.5 Å². The Kier molecular flexibility index (Phi) is 48.3. The van der Waals surface area contributed by atoms with Crippen LogP contribution in [0.5, 0.6) is 40.2 Å². The number of alkyl carbamates (subject to hydrolysis) is 2. The Morgan fingerprint density at radius 3 is 0.840 bits per heavy atom. The highest BCUT2D eigenvalue weighted by Crippen LogP contribution is 2.42. The molecule has 2 saturated heterocycles. The van der Waals surface area contributed by atoms with Crippen molar-refractivity contribution in [2.24, 2.45) is 29.0 Å². The molecule has 0 unspecified atom stereocenters. The zero-order valence-electron chi connectivity index (χ0n) is 91.2. The van der Waals surface area contributed by atoms with Crippen molar-refractivity contribution in [2.75, 3.05) is 14.2 Å². The molecule has 2 aliphatic rings. The number of nitrogens with one attached hydrogen (secondary N) is 2. The Morgan fingerprint density at radius 1 is 0.320 bits per heavy atom. The maximum absolute atomic E-state index is 12.3. The van der Waals surface area contributed by atoms with Crippen LogP contribution in [0.4, 0.5) is 9.59 Å². The second kappa shape index (κ2) is 58.0. The molecule has 30 nitrogen and oxygen atoms in total. The predicted octanol–water partition coefficient (Wildman–Crippen LogP) is 21.2. The molecule has 0 saturated carbocycles. The number of carbonyl (C=O) groups is 9. The first-order valence-corrected chi connectivity index (χ1v) is 61.6. The SMILES string of the molecule is CC(C)(C)[Si](C)(C)Oc1cccc(C[C@@H](N)C(=O)OCc2ccccc2)c1.COC(=O)[C@H]1OC(=O)N[C@H]1Cc1cccc(O)c1.COC(=O)[C@H]1OC(=O)N[C@H]1Cc1cccc(O[Si](C)(C)C(C)(C)C)c1.C[C@@H](Cc1cccc(O[Si](C)(C)C(C)(C)C)c1)C(=O)O.C[C@H](Cc1cccc(O[Si](C)(C)C(C)(C)C)c1)C(=O)OCc1ccccc1.N[C@@H](Cc1cccc(O)c1)C(=O)O.N[C@H](Cc1cccc(O)c1)C(=O)OCc1ccccc1. The minimum absolute atomic E-state index is 0.103. The van der Waals surface area contributed by atoms with Crippen molar-refractivity contribution in [3.63, 3.8) is 0 Å². The summed E-state index contributed by atoms with van der Waals surface area (Å²) in [5.74, 6) is -0.741. The number of phenols is 3. The highest BCUT2D eigenvalue weighted by atomic mass is 28.4. The number of carboxylic acid groups (broad SMARTS) is 2. The van der Waals surface area contributed by atoms with Gasteiger partial charge in [-0.15, -0.1) is 0 Å². The van der Waals surface area contributed by atoms with Crippen LogP contribution in [-0.2, 0) is 131 Å². The first-order valence-electron chi connectivity index (χ1n) is 50.0. The molecular weight excluding hydrogens is 1980 g/mol. The van der Waals surface area contributed by atoms with Gasteiger partial charge in [-0.2, -0.15) is 0 Å². The molecule has 2 amide bonds. The maximum atomic E-state index is 12.3. The highest BCUT2D eigenvalue weighted by molar-refractivity contribution is 6.76. The van der Waals surface area contributed by atoms with Crippen LogP contribution in [0.3, 0.4) is 0 Å². The van der Waals surface area contributed by atoms with Gasteiger partial charge in [0.25, 0.3) is 0 Å². The third kappa shape index (κ3) is 43.1. The van der Waals surface area contributed by atoms with Crippen LogP contribution in [0.1, 0.15) is 153 Å². The summed E-state index contributed by atoms with van der Waals surface area (Å²) in [7, 11) is -5.04. The van der Waals surface area contributed by atoms with E-state index in [9.17, 15) is 53.4 Å². The minimum Gasteiger partial charge on any atom is -0.543 e. The molecule has 150 heavy (non-hydrogen) atoms. The molecule has 34 heteroatoms. The number of hydrogen-bond acceptors (Lipinski definition) is 26. The zero-order chi connectivity index (χ0) is 112. The number of nitrogens with two attached hydrogens (primary N) is 3. The number of aliphatic carboxylic acids is 2. The lowest BCUT2D eigenvalue weighted by Gasteiger charge is -2.36. The van der Waals surface area contributed by atoms with Crippen LogP contribution in [0.2, 0.25) is 72.5 Å². The Bertz CT molecular complexity index is 5860. The first-order chi connectivity index (χ1) is 70.1. The number of esters is 5. The van der Waals surface area contributed by atoms with Gasteiger partial charge in [-0.1, -0.05) is 273 Å². The standard InChI is InChI=1S/C23H32O3Si.C22H31NO3Si.C18H27NO5Si.C16H17NO3.C16H26O3Si.C12H13NO5.C9H11NO3/c1-18(22(24)25-17-19-11-8-7-9-12-19)15-20-13-10-14-21(16-20)26-27(5,6)23(2,3)4;1-22(2,3)27(4,5)26-19-13-9-12-18(14-19)15-20(23)21(24)25-16-17-10-7-6-8-11-17;1-18(2,3)25(5,6)24-13-9-7-8-12(10-13)11-14-15(16(20)22-4)23-17(21)19-14;17-15(10-13-7-4-8-14(18)9-13)16(19)20-11-12-5-2-1-3-6-12;1-12(15(17)18)10-13-8-7-9-14(11-13)19-20(5,6)16(2,3)4;1-17-11(15)10-9(13-12(16)18-10)6-7-3-2-4-8(14)5-7;10-8(9(12)13)5-6-2-1-3-7(11)4-6/h7-14,16,18H,15,17H2,1-6H3;6-14,20H,15-16,23H2,1-5H3;7-10,14-15H,11H2,1-6H3,(H,19,21);1-9,15,18H,10-11,17H2;7-9,11-12H,10H2,1-6H3,(H,17,18);2-5,9-10,14H,6H2,1H3,(H,13,16);1-4,8,11H,5,10H2,(H,12,13)/t18-;20-;14-,15-;15-;12-;9-,10-;8-/m1101000/s1. The summed E-state index contributed by atoms with van der Waals surface area (Å²) >= 11 is 0. The van der Waals surface area contributed by atoms with E-state index >= 15 is 0 Å². The summed E-state index contributed by atoms with van der Waals surface area (Å²) in [5, 5.41) is 51.0. The fourth-order valence-electron chi connectivity index (χ4n) is 13.6. The van der Waals surface area contributed by atoms with Crippen LogP contribution in [-0.4, -0.2) is 169 Å². The van der Waals surface area contributed by atoms with Crippen LogP contribution >= 0.6 is 0 Å². The molecule has 812 valence electrons. The number of cyclic esters (lactones) is 2. The third-order valence-corrected chi connectivity index (χ3v) is 43.9. The first kappa shape index (κ1) is 125. The van der Waals surface area contributed by atoms with Gasteiger partial charge in [0.15, 0.2) is 0 Å². The van der Waals surface area contributed by atoms with E-state index in [0.717, 1.165) is 78.6 Å². The van der Waals surface area contributed by atoms with Crippen molar-refractivity contribution in [1.82, 2.24) is 10.6 Å². The number of methoxy groups -OCH3 is 2. The van der Waals surface area contributed by atoms with Crippen LogP contribution in [0.25, 0.3) is 0 Å². The molecule has 10 aromatic rings. The number of phenolic OH excluding ortho intramolecular Hbond substituents is 3. The van der Waals surface area contributed by atoms with Gasteiger partial charge < -0.3 is 104 Å². The number of hydrogen-bond donors (Lipinski definition) is 10. The lowest BCUT2D eigenvalue weighted by atomic mass is 10.0. The van der Waals surface area contributed by atoms with Crippen molar-refractivity contribution in [3.05, 3.63) is 316 Å². The van der Waals surface area contributed by atoms with Gasteiger partial charge in [0.2, 0.25) is 45.5 Å². The monoisotopic (exact) mass is 2130 g/mol. The van der Waals surface area contributed by atoms with Crippen molar-refractivity contribution in [3.8, 4) is 40.2 Å². The Labute approximate surface area is 888 Å². The summed E-state index contributed by atoms with van der Waals surface area (Å²) < 4.78 is 60.3. The molecule has 13 N–H and O–H groups in total. The molecular formula is C116H157N5O25Si4. The number of carbonyl (C=O) groups excluding carboxylic acids is 7. The fraction of sp³-hybridized carbons (Fsp3) is 0.405. The Hall–Kier alpha value is -13.6. The number of rotatable bonds is 35. The van der Waals surface area contributed by atoms with Crippen molar-refractivity contribution in [1.29, 1.82) is 0 Å². The molecule has 0 aliphatic carbocycles. The van der Waals surface area contributed by atoms with E-state index in [2.05, 4.69) is 157 Å². The zero-order valence-corrected chi connectivity index (χ0v) is 95.2. The smallest absolute Gasteiger partial charge is 0.408 e. The minimum atomic E-state index is -1.93. The second-order valence-electron chi connectivity index (χ2n) is 43.3. The topological polar surface area (TPSA) is 458 Å². The van der Waals surface area contributed by atoms with Gasteiger partial charge in [0.05, 0.1) is 38.1 Å². The average molecular weight is 2130 g/mol. The fourth-order valence-corrected chi connectivity index (χ4v) is 17.7. The average Bonchev–Trinajstić information content (AvgIpc) is 1.16. The third-order valence-electron chi connectivity index (χ3n) is 26.5. The molecule has 2 fully saturated rings. The predicted molar refractivity (Wildman–Crippen MR) is 592 cm³/mol. The van der Waals surface area contributed by atoms with E-state index in [4.69, 9.17) is 78.6 Å². The Morgan fingerprint density at radius 2 is 0.560 bits per heavy atom. The van der Waals surface area contributed by atoms with Crippen LogP contribution in [0, 0.1) is 11.8 Å². The normalized spacial score (nSPS) is 15.3.